The highest BCUT2D eigenvalue weighted by molar-refractivity contribution is 5.79. The smallest absolute Gasteiger partial charge is 0.136 e. The van der Waals surface area contributed by atoms with Crippen LogP contribution < -0.4 is 5.36 Å². The molecule has 0 aliphatic heterocycles. The molecule has 0 radical (unpaired) electrons. The summed E-state index contributed by atoms with van der Waals surface area (Å²) in [6.07, 6.45) is 0. The van der Waals surface area contributed by atoms with Crippen molar-refractivity contribution in [2.24, 2.45) is 4.99 Å². The Labute approximate surface area is 123 Å². The Hall–Kier alpha value is -2.39. The van der Waals surface area contributed by atoms with Crippen molar-refractivity contribution in [3.63, 3.8) is 0 Å². The second-order valence-electron chi connectivity index (χ2n) is 4.97. The zero-order chi connectivity index (χ0) is 14.7. The van der Waals surface area contributed by atoms with E-state index in [0.29, 0.717) is 6.54 Å². The van der Waals surface area contributed by atoms with E-state index >= 15 is 0 Å². The Balaban J connectivity index is 2.27. The summed E-state index contributed by atoms with van der Waals surface area (Å²) < 4.78 is 6.00. The highest BCUT2D eigenvalue weighted by Gasteiger charge is 2.05. The molecule has 106 valence electrons. The molecule has 0 unspecified atom stereocenters. The Morgan fingerprint density at radius 3 is 2.62 bits per heavy atom. The minimum absolute atomic E-state index is 0.0417. The average molecular weight is 279 g/mol. The van der Waals surface area contributed by atoms with E-state index in [1.165, 1.54) is 0 Å². The summed E-state index contributed by atoms with van der Waals surface area (Å²) in [6, 6.07) is 17.9. The van der Waals surface area contributed by atoms with E-state index in [-0.39, 0.29) is 6.61 Å². The molecule has 3 rings (SSSR count). The van der Waals surface area contributed by atoms with Crippen LogP contribution in [0.3, 0.4) is 0 Å². The lowest BCUT2D eigenvalue weighted by atomic mass is 10.1. The number of aliphatic hydroxyl groups excluding tert-OH is 1. The van der Waals surface area contributed by atoms with Gasteiger partial charge in [0.2, 0.25) is 0 Å². The van der Waals surface area contributed by atoms with E-state index in [2.05, 4.69) is 11.1 Å². The fourth-order valence-electron chi connectivity index (χ4n) is 2.33. The molecule has 0 spiro atoms. The van der Waals surface area contributed by atoms with Gasteiger partial charge in [0.15, 0.2) is 0 Å². The molecule has 0 atom stereocenters. The number of hydrogen-bond donors (Lipinski definition) is 1. The van der Waals surface area contributed by atoms with E-state index in [0.717, 1.165) is 33.2 Å². The zero-order valence-electron chi connectivity index (χ0n) is 11.9. The van der Waals surface area contributed by atoms with Crippen molar-refractivity contribution in [3.05, 3.63) is 65.5 Å². The summed E-state index contributed by atoms with van der Waals surface area (Å²) in [5.74, 6) is 0.781. The third-order valence-corrected chi connectivity index (χ3v) is 3.34. The van der Waals surface area contributed by atoms with Gasteiger partial charge in [-0.1, -0.05) is 42.0 Å². The van der Waals surface area contributed by atoms with Gasteiger partial charge < -0.3 is 9.52 Å². The molecule has 3 aromatic rings. The molecule has 2 aromatic carbocycles. The SMILES string of the molecule is Cc1ccc2oc(-c3ccccc3)c/c(=N/CCO)c2c1. The number of nitrogens with zero attached hydrogens (tertiary/aromatic N) is 1. The predicted molar refractivity (Wildman–Crippen MR) is 83.9 cm³/mol. The molecular weight excluding hydrogens is 262 g/mol. The monoisotopic (exact) mass is 279 g/mol. The Bertz CT molecular complexity index is 819. The lowest BCUT2D eigenvalue weighted by Crippen LogP contribution is -2.06. The van der Waals surface area contributed by atoms with Crippen LogP contribution in [0.25, 0.3) is 22.3 Å². The first-order chi connectivity index (χ1) is 10.3. The lowest BCUT2D eigenvalue weighted by molar-refractivity contribution is 0.306. The maximum atomic E-state index is 9.02. The number of aryl methyl sites for hydroxylation is 1. The maximum absolute atomic E-state index is 9.02. The second-order valence-corrected chi connectivity index (χ2v) is 4.97. The molecule has 1 N–H and O–H groups in total. The minimum atomic E-state index is 0.0417. The van der Waals surface area contributed by atoms with Crippen molar-refractivity contribution in [2.75, 3.05) is 13.2 Å². The number of fused-ring (bicyclic) bond motifs is 1. The van der Waals surface area contributed by atoms with Crippen LogP contribution in [0.5, 0.6) is 0 Å². The molecular formula is C18H17NO2. The van der Waals surface area contributed by atoms with Crippen LogP contribution in [-0.4, -0.2) is 18.3 Å². The first kappa shape index (κ1) is 13.6. The van der Waals surface area contributed by atoms with Crippen LogP contribution >= 0.6 is 0 Å². The van der Waals surface area contributed by atoms with E-state index in [1.807, 2.05) is 55.5 Å². The molecule has 0 bridgehead atoms. The van der Waals surface area contributed by atoms with Gasteiger partial charge in [0.05, 0.1) is 18.5 Å². The van der Waals surface area contributed by atoms with Gasteiger partial charge >= 0.3 is 0 Å². The summed E-state index contributed by atoms with van der Waals surface area (Å²) in [5, 5.41) is 10.9. The fourth-order valence-corrected chi connectivity index (χ4v) is 2.33. The minimum Gasteiger partial charge on any atom is -0.456 e. The van der Waals surface area contributed by atoms with Crippen LogP contribution in [0.2, 0.25) is 0 Å². The summed E-state index contributed by atoms with van der Waals surface area (Å²) >= 11 is 0. The van der Waals surface area contributed by atoms with Crippen LogP contribution in [0.1, 0.15) is 5.56 Å². The third kappa shape index (κ3) is 2.88. The fraction of sp³-hybridized carbons (Fsp3) is 0.167. The topological polar surface area (TPSA) is 45.7 Å². The van der Waals surface area contributed by atoms with Gasteiger partial charge in [-0.2, -0.15) is 0 Å². The molecule has 1 aromatic heterocycles. The number of aliphatic hydroxyl groups is 1. The summed E-state index contributed by atoms with van der Waals surface area (Å²) in [4.78, 5) is 4.47. The molecule has 0 amide bonds. The van der Waals surface area contributed by atoms with Crippen LogP contribution in [0.15, 0.2) is 64.0 Å². The molecule has 0 aliphatic carbocycles. The van der Waals surface area contributed by atoms with Gasteiger partial charge in [-0.15, -0.1) is 0 Å². The van der Waals surface area contributed by atoms with Gasteiger partial charge in [-0.3, -0.25) is 4.99 Å². The summed E-state index contributed by atoms with van der Waals surface area (Å²) in [5.41, 5.74) is 2.98. The number of hydrogen-bond acceptors (Lipinski definition) is 3. The van der Waals surface area contributed by atoms with Crippen molar-refractivity contribution in [3.8, 4) is 11.3 Å². The van der Waals surface area contributed by atoms with E-state index in [1.54, 1.807) is 0 Å². The molecule has 21 heavy (non-hydrogen) atoms. The number of rotatable bonds is 3. The predicted octanol–water partition coefficient (Wildman–Crippen LogP) is 3.30. The molecule has 3 nitrogen and oxygen atoms in total. The summed E-state index contributed by atoms with van der Waals surface area (Å²) in [7, 11) is 0. The van der Waals surface area contributed by atoms with Crippen LogP contribution in [0, 0.1) is 6.92 Å². The normalized spacial score (nSPS) is 12.0. The van der Waals surface area contributed by atoms with Gasteiger partial charge in [-0.25, -0.2) is 0 Å². The van der Waals surface area contributed by atoms with Crippen molar-refractivity contribution in [2.45, 2.75) is 6.92 Å². The molecule has 0 saturated heterocycles. The van der Waals surface area contributed by atoms with E-state index < -0.39 is 0 Å². The summed E-state index contributed by atoms with van der Waals surface area (Å²) in [6.45, 7) is 2.47. The highest BCUT2D eigenvalue weighted by Crippen LogP contribution is 2.22. The Morgan fingerprint density at radius 1 is 1.05 bits per heavy atom. The standard InChI is InChI=1S/C18H17NO2/c1-13-7-8-17-15(11-13)16(19-9-10-20)12-18(21-17)14-5-3-2-4-6-14/h2-8,11-12,20H,9-10H2,1H3/b19-16-. The van der Waals surface area contributed by atoms with Gasteiger partial charge in [0, 0.05) is 17.0 Å². The van der Waals surface area contributed by atoms with Gasteiger partial charge in [0.1, 0.15) is 11.3 Å². The van der Waals surface area contributed by atoms with Crippen LogP contribution in [0.4, 0.5) is 0 Å². The van der Waals surface area contributed by atoms with E-state index in [9.17, 15) is 0 Å². The molecule has 0 fully saturated rings. The van der Waals surface area contributed by atoms with E-state index in [4.69, 9.17) is 9.52 Å². The molecule has 0 aliphatic rings. The molecule has 3 heteroatoms. The third-order valence-electron chi connectivity index (χ3n) is 3.34. The van der Waals surface area contributed by atoms with Gasteiger partial charge in [0.25, 0.3) is 0 Å². The van der Waals surface area contributed by atoms with Crippen LogP contribution in [-0.2, 0) is 0 Å². The van der Waals surface area contributed by atoms with Crippen molar-refractivity contribution >= 4 is 11.0 Å². The first-order valence-corrected chi connectivity index (χ1v) is 6.99. The van der Waals surface area contributed by atoms with Crippen molar-refractivity contribution in [1.82, 2.24) is 0 Å². The highest BCUT2D eigenvalue weighted by atomic mass is 16.3. The zero-order valence-corrected chi connectivity index (χ0v) is 11.9. The Morgan fingerprint density at radius 2 is 1.86 bits per heavy atom. The largest absolute Gasteiger partial charge is 0.456 e. The maximum Gasteiger partial charge on any atom is 0.136 e. The Kier molecular flexibility index (Phi) is 3.84. The first-order valence-electron chi connectivity index (χ1n) is 6.99. The average Bonchev–Trinajstić information content (AvgIpc) is 2.53. The van der Waals surface area contributed by atoms with Crippen molar-refractivity contribution in [1.29, 1.82) is 0 Å². The second kappa shape index (κ2) is 5.94. The van der Waals surface area contributed by atoms with Gasteiger partial charge in [-0.05, 0) is 19.1 Å². The lowest BCUT2D eigenvalue weighted by Gasteiger charge is -2.05. The number of benzene rings is 2. The molecule has 0 saturated carbocycles. The quantitative estimate of drug-likeness (QED) is 0.799. The molecule has 1 heterocycles. The van der Waals surface area contributed by atoms with Crippen molar-refractivity contribution < 1.29 is 9.52 Å².